The highest BCUT2D eigenvalue weighted by Crippen LogP contribution is 2.18. The van der Waals surface area contributed by atoms with Gasteiger partial charge < -0.3 is 9.47 Å². The number of sulfonamides is 1. The third-order valence-corrected chi connectivity index (χ3v) is 5.38. The Hall–Kier alpha value is -1.97. The maximum absolute atomic E-state index is 12.5. The van der Waals surface area contributed by atoms with Crippen LogP contribution in [0.2, 0.25) is 0 Å². The summed E-state index contributed by atoms with van der Waals surface area (Å²) in [6.45, 7) is 5.18. The first-order valence-electron chi connectivity index (χ1n) is 7.60. The van der Waals surface area contributed by atoms with Crippen LogP contribution >= 0.6 is 0 Å². The maximum Gasteiger partial charge on any atom is 0.427 e. The van der Waals surface area contributed by atoms with E-state index in [0.29, 0.717) is 37.6 Å². The number of hydrogen-bond donors (Lipinski definition) is 1. The summed E-state index contributed by atoms with van der Waals surface area (Å²) in [6.07, 6.45) is -0.636. The van der Waals surface area contributed by atoms with Crippen molar-refractivity contribution in [2.24, 2.45) is 5.10 Å². The van der Waals surface area contributed by atoms with Crippen LogP contribution in [0.25, 0.3) is 0 Å². The van der Waals surface area contributed by atoms with E-state index in [1.54, 1.807) is 26.0 Å². The minimum absolute atomic E-state index is 0.222. The largest absolute Gasteiger partial charge is 0.449 e. The van der Waals surface area contributed by atoms with Crippen LogP contribution in [-0.4, -0.2) is 57.4 Å². The highest BCUT2D eigenvalue weighted by molar-refractivity contribution is 7.89. The molecule has 1 aliphatic rings. The fourth-order valence-electron chi connectivity index (χ4n) is 2.16. The summed E-state index contributed by atoms with van der Waals surface area (Å²) in [5.41, 5.74) is 3.51. The molecule has 132 valence electrons. The van der Waals surface area contributed by atoms with Crippen molar-refractivity contribution in [3.05, 3.63) is 29.8 Å². The van der Waals surface area contributed by atoms with Gasteiger partial charge in [-0.3, -0.25) is 0 Å². The van der Waals surface area contributed by atoms with Gasteiger partial charge in [0.05, 0.1) is 30.4 Å². The number of carbonyl (C=O) groups excluding carboxylic acids is 1. The smallest absolute Gasteiger partial charge is 0.427 e. The Morgan fingerprint density at radius 2 is 1.92 bits per heavy atom. The van der Waals surface area contributed by atoms with Crippen molar-refractivity contribution in [2.45, 2.75) is 18.7 Å². The fourth-order valence-corrected chi connectivity index (χ4v) is 3.57. The topological polar surface area (TPSA) is 97.3 Å². The van der Waals surface area contributed by atoms with Crippen molar-refractivity contribution in [1.82, 2.24) is 9.73 Å². The van der Waals surface area contributed by atoms with Crippen molar-refractivity contribution in [2.75, 3.05) is 32.9 Å². The molecule has 0 spiro atoms. The summed E-state index contributed by atoms with van der Waals surface area (Å²) in [6, 6.07) is 6.37. The molecule has 1 amide bonds. The summed E-state index contributed by atoms with van der Waals surface area (Å²) in [5, 5.41) is 3.91. The van der Waals surface area contributed by atoms with Gasteiger partial charge in [-0.15, -0.1) is 0 Å². The predicted molar refractivity (Wildman–Crippen MR) is 88.4 cm³/mol. The lowest BCUT2D eigenvalue weighted by Crippen LogP contribution is -2.40. The highest BCUT2D eigenvalue weighted by Gasteiger charge is 2.26. The van der Waals surface area contributed by atoms with Crippen molar-refractivity contribution < 1.29 is 22.7 Å². The Balaban J connectivity index is 2.09. The number of rotatable bonds is 5. The van der Waals surface area contributed by atoms with Crippen molar-refractivity contribution in [3.8, 4) is 0 Å². The molecule has 0 atom stereocenters. The Morgan fingerprint density at radius 1 is 1.29 bits per heavy atom. The number of amides is 1. The van der Waals surface area contributed by atoms with Crippen molar-refractivity contribution >= 4 is 21.8 Å². The van der Waals surface area contributed by atoms with E-state index >= 15 is 0 Å². The third-order valence-electron chi connectivity index (χ3n) is 3.47. The minimum Gasteiger partial charge on any atom is -0.449 e. The molecule has 1 saturated heterocycles. The second-order valence-electron chi connectivity index (χ2n) is 5.07. The molecule has 0 unspecified atom stereocenters. The molecule has 1 heterocycles. The zero-order valence-electron chi connectivity index (χ0n) is 13.7. The molecule has 1 fully saturated rings. The van der Waals surface area contributed by atoms with Gasteiger partial charge in [-0.2, -0.15) is 9.41 Å². The standard InChI is InChI=1S/C15H21N3O5S/c1-3-23-15(19)17-16-12(2)13-4-6-14(7-5-13)24(20,21)18-8-10-22-11-9-18/h4-7H,3,8-11H2,1-2H3,(H,17,19)/b16-12+. The molecule has 0 radical (unpaired) electrons. The monoisotopic (exact) mass is 355 g/mol. The Bertz CT molecular complexity index is 694. The Labute approximate surface area is 141 Å². The van der Waals surface area contributed by atoms with Gasteiger partial charge in [0.15, 0.2) is 0 Å². The number of ether oxygens (including phenoxy) is 2. The Kier molecular flexibility index (Phi) is 6.29. The van der Waals surface area contributed by atoms with Crippen LogP contribution in [-0.2, 0) is 19.5 Å². The second-order valence-corrected chi connectivity index (χ2v) is 7.01. The summed E-state index contributed by atoms with van der Waals surface area (Å²) in [7, 11) is -3.51. The lowest BCUT2D eigenvalue weighted by Gasteiger charge is -2.26. The minimum atomic E-state index is -3.51. The zero-order valence-corrected chi connectivity index (χ0v) is 14.5. The lowest BCUT2D eigenvalue weighted by molar-refractivity contribution is 0.0730. The summed E-state index contributed by atoms with van der Waals surface area (Å²) in [5.74, 6) is 0. The summed E-state index contributed by atoms with van der Waals surface area (Å²) >= 11 is 0. The molecule has 1 aromatic carbocycles. The second kappa shape index (κ2) is 8.22. The van der Waals surface area contributed by atoms with Crippen LogP contribution in [0.3, 0.4) is 0 Å². The third kappa shape index (κ3) is 4.53. The normalized spacial score (nSPS) is 16.7. The molecule has 1 aliphatic heterocycles. The van der Waals surface area contributed by atoms with E-state index < -0.39 is 16.1 Å². The van der Waals surface area contributed by atoms with Crippen LogP contribution in [0.15, 0.2) is 34.3 Å². The molecular weight excluding hydrogens is 334 g/mol. The predicted octanol–water partition coefficient (Wildman–Crippen LogP) is 1.18. The first kappa shape index (κ1) is 18.4. The van der Waals surface area contributed by atoms with E-state index in [-0.39, 0.29) is 11.5 Å². The van der Waals surface area contributed by atoms with Crippen molar-refractivity contribution in [3.63, 3.8) is 0 Å². The molecule has 1 N–H and O–H groups in total. The van der Waals surface area contributed by atoms with Gasteiger partial charge in [-0.25, -0.2) is 18.6 Å². The number of nitrogens with zero attached hydrogens (tertiary/aromatic N) is 2. The van der Waals surface area contributed by atoms with Crippen LogP contribution in [0.1, 0.15) is 19.4 Å². The van der Waals surface area contributed by atoms with Gasteiger partial charge in [0.1, 0.15) is 0 Å². The molecule has 0 bridgehead atoms. The lowest BCUT2D eigenvalue weighted by atomic mass is 10.1. The molecular formula is C15H21N3O5S. The number of benzene rings is 1. The van der Waals surface area contributed by atoms with Gasteiger partial charge >= 0.3 is 6.09 Å². The van der Waals surface area contributed by atoms with Gasteiger partial charge in [0, 0.05) is 13.1 Å². The van der Waals surface area contributed by atoms with Crippen LogP contribution in [0, 0.1) is 0 Å². The number of hydrazone groups is 1. The molecule has 9 heteroatoms. The van der Waals surface area contributed by atoms with E-state index in [1.807, 2.05) is 0 Å². The molecule has 0 aliphatic carbocycles. The number of morpholine rings is 1. The molecule has 8 nitrogen and oxygen atoms in total. The molecule has 24 heavy (non-hydrogen) atoms. The first-order valence-corrected chi connectivity index (χ1v) is 9.04. The molecule has 0 aromatic heterocycles. The zero-order chi connectivity index (χ0) is 17.6. The van der Waals surface area contributed by atoms with Gasteiger partial charge in [-0.05, 0) is 31.5 Å². The average Bonchev–Trinajstić information content (AvgIpc) is 2.61. The fraction of sp³-hybridized carbons (Fsp3) is 0.467. The average molecular weight is 355 g/mol. The van der Waals surface area contributed by atoms with E-state index in [1.165, 1.54) is 16.4 Å². The highest BCUT2D eigenvalue weighted by atomic mass is 32.2. The van der Waals surface area contributed by atoms with Crippen LogP contribution in [0.4, 0.5) is 4.79 Å². The van der Waals surface area contributed by atoms with Crippen LogP contribution < -0.4 is 5.43 Å². The van der Waals surface area contributed by atoms with E-state index in [9.17, 15) is 13.2 Å². The van der Waals surface area contributed by atoms with Crippen molar-refractivity contribution in [1.29, 1.82) is 0 Å². The van der Waals surface area contributed by atoms with E-state index in [2.05, 4.69) is 10.5 Å². The number of hydrogen-bond acceptors (Lipinski definition) is 6. The Morgan fingerprint density at radius 3 is 2.50 bits per heavy atom. The van der Waals surface area contributed by atoms with E-state index in [0.717, 1.165) is 0 Å². The summed E-state index contributed by atoms with van der Waals surface area (Å²) in [4.78, 5) is 11.4. The molecule has 2 rings (SSSR count). The first-order chi connectivity index (χ1) is 11.4. The molecule has 0 saturated carbocycles. The van der Waals surface area contributed by atoms with Gasteiger partial charge in [-0.1, -0.05) is 12.1 Å². The SMILES string of the molecule is CCOC(=O)N/N=C(\C)c1ccc(S(=O)(=O)N2CCOCC2)cc1. The van der Waals surface area contributed by atoms with Gasteiger partial charge in [0.25, 0.3) is 0 Å². The van der Waals surface area contributed by atoms with Gasteiger partial charge in [0.2, 0.25) is 10.0 Å². The quantitative estimate of drug-likeness (QED) is 0.632. The number of nitrogens with one attached hydrogen (secondary N) is 1. The molecule has 1 aromatic rings. The maximum atomic E-state index is 12.5. The van der Waals surface area contributed by atoms with Crippen LogP contribution in [0.5, 0.6) is 0 Å². The summed E-state index contributed by atoms with van der Waals surface area (Å²) < 4.78 is 36.3. The number of carbonyl (C=O) groups is 1. The van der Waals surface area contributed by atoms with E-state index in [4.69, 9.17) is 9.47 Å².